The normalized spacial score (nSPS) is 27.3. The number of nitrogens with one attached hydrogen (secondary N) is 1. The maximum absolute atomic E-state index is 16.8. The molecule has 10 nitrogen and oxygen atoms in total. The van der Waals surface area contributed by atoms with Crippen LogP contribution in [0.15, 0.2) is 36.7 Å². The SMILES string of the molecule is Cn1cc2c(n1)C1CC3(COc4nc(N5CC6CCC(C5)N6)c5cnc(-c6cc(O)cc7ccc(F)c(F)c67)c(F)c5n4)CCCN3C1C2. The van der Waals surface area contributed by atoms with Crippen molar-refractivity contribution in [3.05, 3.63) is 65.4 Å². The summed E-state index contributed by atoms with van der Waals surface area (Å²) in [6.07, 6.45) is 9.69. The first-order valence-electron chi connectivity index (χ1n) is 17.1. The van der Waals surface area contributed by atoms with Gasteiger partial charge in [0.25, 0.3) is 0 Å². The van der Waals surface area contributed by atoms with E-state index in [1.165, 1.54) is 35.7 Å². The Hall–Kier alpha value is -4.49. The molecule has 252 valence electrons. The Morgan fingerprint density at radius 1 is 1.08 bits per heavy atom. The number of hydrogen-bond acceptors (Lipinski definition) is 9. The summed E-state index contributed by atoms with van der Waals surface area (Å²) >= 11 is 0. The molecule has 5 aliphatic rings. The highest BCUT2D eigenvalue weighted by atomic mass is 19.2. The molecule has 0 radical (unpaired) electrons. The molecule has 4 saturated heterocycles. The van der Waals surface area contributed by atoms with E-state index in [1.807, 2.05) is 11.7 Å². The smallest absolute Gasteiger partial charge is 0.319 e. The van der Waals surface area contributed by atoms with E-state index in [1.54, 1.807) is 0 Å². The Morgan fingerprint density at radius 3 is 2.76 bits per heavy atom. The predicted octanol–water partition coefficient (Wildman–Crippen LogP) is 4.97. The number of ether oxygens (including phenoxy) is 1. The van der Waals surface area contributed by atoms with E-state index in [9.17, 15) is 9.50 Å². The molecule has 2 bridgehead atoms. The minimum Gasteiger partial charge on any atom is -0.508 e. The second-order valence-corrected chi connectivity index (χ2v) is 14.6. The highest BCUT2D eigenvalue weighted by molar-refractivity contribution is 6.00. The number of nitrogens with zero attached hydrogens (tertiary/aromatic N) is 7. The zero-order chi connectivity index (χ0) is 33.2. The van der Waals surface area contributed by atoms with Crippen LogP contribution in [0.1, 0.15) is 49.3 Å². The van der Waals surface area contributed by atoms with Crippen LogP contribution in [0, 0.1) is 17.5 Å². The summed E-state index contributed by atoms with van der Waals surface area (Å²) in [6, 6.07) is 5.88. The van der Waals surface area contributed by atoms with Crippen LogP contribution in [0.25, 0.3) is 32.9 Å². The highest BCUT2D eigenvalue weighted by Gasteiger charge is 2.58. The fourth-order valence-electron chi connectivity index (χ4n) is 9.70. The third kappa shape index (κ3) is 4.40. The van der Waals surface area contributed by atoms with Gasteiger partial charge in [-0.05, 0) is 74.2 Å². The molecular weight excluding hydrogens is 633 g/mol. The molecule has 3 aromatic heterocycles. The van der Waals surface area contributed by atoms with Gasteiger partial charge in [0.1, 0.15) is 29.4 Å². The van der Waals surface area contributed by atoms with Gasteiger partial charge in [0, 0.05) is 67.5 Å². The van der Waals surface area contributed by atoms with Gasteiger partial charge in [0.05, 0.1) is 16.6 Å². The molecule has 7 heterocycles. The topological polar surface area (TPSA) is 104 Å². The van der Waals surface area contributed by atoms with Crippen LogP contribution in [0.5, 0.6) is 11.8 Å². The van der Waals surface area contributed by atoms with Gasteiger partial charge >= 0.3 is 6.01 Å². The maximum atomic E-state index is 16.8. The Bertz CT molecular complexity index is 2180. The summed E-state index contributed by atoms with van der Waals surface area (Å²) in [6.45, 7) is 2.75. The van der Waals surface area contributed by atoms with Crippen LogP contribution in [-0.2, 0) is 13.5 Å². The van der Waals surface area contributed by atoms with Crippen LogP contribution >= 0.6 is 0 Å². The number of pyridine rings is 1. The summed E-state index contributed by atoms with van der Waals surface area (Å²) in [5.74, 6) is -2.38. The Kier molecular flexibility index (Phi) is 6.31. The number of anilines is 1. The number of phenolic OH excluding ortho intramolecular Hbond substituents is 1. The second kappa shape index (κ2) is 10.5. The molecule has 1 aliphatic carbocycles. The summed E-state index contributed by atoms with van der Waals surface area (Å²) in [5, 5.41) is 19.4. The molecule has 4 aliphatic heterocycles. The number of aromatic hydroxyl groups is 1. The van der Waals surface area contributed by atoms with Crippen LogP contribution in [0.3, 0.4) is 0 Å². The van der Waals surface area contributed by atoms with Gasteiger partial charge in [0.2, 0.25) is 0 Å². The summed E-state index contributed by atoms with van der Waals surface area (Å²) in [5.41, 5.74) is 1.99. The van der Waals surface area contributed by atoms with E-state index >= 15 is 8.78 Å². The molecular formula is C36H35F3N8O2. The van der Waals surface area contributed by atoms with Crippen molar-refractivity contribution in [3.8, 4) is 23.0 Å². The lowest BCUT2D eigenvalue weighted by molar-refractivity contribution is 0.0850. The van der Waals surface area contributed by atoms with Gasteiger partial charge in [-0.25, -0.2) is 13.2 Å². The average Bonchev–Trinajstić information content (AvgIpc) is 3.88. The fraction of sp³-hybridized carbons (Fsp3) is 0.444. The molecule has 5 atom stereocenters. The third-order valence-corrected chi connectivity index (χ3v) is 11.7. The van der Waals surface area contributed by atoms with Gasteiger partial charge in [-0.1, -0.05) is 6.07 Å². The molecule has 13 heteroatoms. The molecule has 49 heavy (non-hydrogen) atoms. The number of aryl methyl sites for hydroxylation is 1. The van der Waals surface area contributed by atoms with Gasteiger partial charge in [0.15, 0.2) is 17.5 Å². The number of phenols is 1. The van der Waals surface area contributed by atoms with Crippen molar-refractivity contribution in [2.24, 2.45) is 7.05 Å². The van der Waals surface area contributed by atoms with Crippen molar-refractivity contribution < 1.29 is 23.0 Å². The minimum atomic E-state index is -1.14. The van der Waals surface area contributed by atoms with Crippen molar-refractivity contribution in [2.45, 2.75) is 68.1 Å². The largest absolute Gasteiger partial charge is 0.508 e. The van der Waals surface area contributed by atoms with E-state index in [0.29, 0.717) is 54.9 Å². The first-order valence-corrected chi connectivity index (χ1v) is 17.1. The Morgan fingerprint density at radius 2 is 1.92 bits per heavy atom. The number of rotatable bonds is 5. The van der Waals surface area contributed by atoms with Gasteiger partial charge in [-0.3, -0.25) is 14.6 Å². The minimum absolute atomic E-state index is 0.0219. The van der Waals surface area contributed by atoms with Crippen molar-refractivity contribution in [1.82, 2.24) is 34.9 Å². The van der Waals surface area contributed by atoms with E-state index in [0.717, 1.165) is 51.1 Å². The van der Waals surface area contributed by atoms with Crippen molar-refractivity contribution in [3.63, 3.8) is 0 Å². The Balaban J connectivity index is 1.07. The Labute approximate surface area is 279 Å². The van der Waals surface area contributed by atoms with Crippen LogP contribution < -0.4 is 15.0 Å². The molecule has 0 amide bonds. The standard InChI is InChI=1S/C36H35F3N8O2/c1-45-14-19-10-27-24(31(19)44-45)12-36(7-2-8-47(27)36)17-49-35-42-33-25(34(43-35)46-15-20-4-5-21(16-46)41-20)13-40-32(30(33)39)23-11-22(48)9-18-3-6-26(37)29(38)28(18)23/h3,6,9,11,13-14,20-21,24,27,41,48H,2,4-5,7-8,10,12,15-17H2,1H3. The molecule has 5 aromatic rings. The number of halogens is 3. The van der Waals surface area contributed by atoms with E-state index in [4.69, 9.17) is 14.8 Å². The second-order valence-electron chi connectivity index (χ2n) is 14.6. The molecule has 0 spiro atoms. The number of fused-ring (bicyclic) bond motifs is 9. The molecule has 2 aromatic carbocycles. The number of benzene rings is 2. The van der Waals surface area contributed by atoms with Gasteiger partial charge in [-0.15, -0.1) is 0 Å². The van der Waals surface area contributed by atoms with E-state index < -0.39 is 17.5 Å². The highest BCUT2D eigenvalue weighted by Crippen LogP contribution is 2.54. The first-order chi connectivity index (χ1) is 23.7. The zero-order valence-electron chi connectivity index (χ0n) is 27.0. The van der Waals surface area contributed by atoms with Crippen molar-refractivity contribution in [2.75, 3.05) is 31.1 Å². The lowest BCUT2D eigenvalue weighted by atomic mass is 9.89. The average molecular weight is 669 g/mol. The maximum Gasteiger partial charge on any atom is 0.319 e. The van der Waals surface area contributed by atoms with Crippen molar-refractivity contribution >= 4 is 27.5 Å². The van der Waals surface area contributed by atoms with Crippen LogP contribution in [0.2, 0.25) is 0 Å². The molecule has 5 unspecified atom stereocenters. The monoisotopic (exact) mass is 668 g/mol. The lowest BCUT2D eigenvalue weighted by Gasteiger charge is -2.35. The quantitative estimate of drug-likeness (QED) is 0.269. The van der Waals surface area contributed by atoms with Gasteiger partial charge in [-0.2, -0.15) is 15.1 Å². The third-order valence-electron chi connectivity index (χ3n) is 11.7. The molecule has 2 N–H and O–H groups in total. The van der Waals surface area contributed by atoms with Crippen LogP contribution in [0.4, 0.5) is 19.0 Å². The van der Waals surface area contributed by atoms with Crippen molar-refractivity contribution in [1.29, 1.82) is 0 Å². The van der Waals surface area contributed by atoms with Gasteiger partial charge < -0.3 is 20.1 Å². The molecule has 0 saturated carbocycles. The summed E-state index contributed by atoms with van der Waals surface area (Å²) in [7, 11) is 1.97. The summed E-state index contributed by atoms with van der Waals surface area (Å²) in [4.78, 5) is 18.7. The molecule has 4 fully saturated rings. The fourth-order valence-corrected chi connectivity index (χ4v) is 9.70. The molecule has 10 rings (SSSR count). The summed E-state index contributed by atoms with van der Waals surface area (Å²) < 4.78 is 54.9. The van der Waals surface area contributed by atoms with E-state index in [2.05, 4.69) is 31.3 Å². The van der Waals surface area contributed by atoms with Crippen LogP contribution in [-0.4, -0.2) is 84.6 Å². The number of hydrogen-bond donors (Lipinski definition) is 2. The van der Waals surface area contributed by atoms with E-state index in [-0.39, 0.29) is 44.8 Å². The first kappa shape index (κ1) is 29.4. The zero-order valence-corrected chi connectivity index (χ0v) is 27.0. The number of aromatic nitrogens is 5. The predicted molar refractivity (Wildman–Crippen MR) is 176 cm³/mol. The lowest BCUT2D eigenvalue weighted by Crippen LogP contribution is -2.51. The number of piperazine rings is 1.